The molecule has 0 saturated heterocycles. The van der Waals surface area contributed by atoms with E-state index in [0.717, 1.165) is 11.1 Å². The van der Waals surface area contributed by atoms with Crippen molar-refractivity contribution in [2.45, 2.75) is 11.3 Å². The van der Waals surface area contributed by atoms with Gasteiger partial charge >= 0.3 is 0 Å². The van der Waals surface area contributed by atoms with Gasteiger partial charge in [-0.2, -0.15) is 13.7 Å². The first-order valence-corrected chi connectivity index (χ1v) is 11.5. The van der Waals surface area contributed by atoms with Crippen LogP contribution in [-0.2, 0) is 26.2 Å². The third-order valence-corrected chi connectivity index (χ3v) is 6.26. The molecule has 0 bridgehead atoms. The standard InChI is InChI=1S/C24H20N4O4S/c1-28-22(29)24(27-23(28)26,20-10-8-16(9-11-20)15-33(30,31)32)21-7-3-6-19(13-21)18-5-2-4-17(12-18)14-25/h2-13H,15H2,1H3,(H2,26,27)(H,30,31,32). The molecule has 33 heavy (non-hydrogen) atoms. The fourth-order valence-electron chi connectivity index (χ4n) is 3.93. The molecule has 1 aliphatic heterocycles. The van der Waals surface area contributed by atoms with E-state index >= 15 is 0 Å². The number of benzene rings is 3. The van der Waals surface area contributed by atoms with Crippen molar-refractivity contribution in [1.29, 1.82) is 5.26 Å². The largest absolute Gasteiger partial charge is 0.369 e. The summed E-state index contributed by atoms with van der Waals surface area (Å²) >= 11 is 0. The normalized spacial score (nSPS) is 18.2. The molecule has 0 radical (unpaired) electrons. The minimum Gasteiger partial charge on any atom is -0.369 e. The van der Waals surface area contributed by atoms with Crippen molar-refractivity contribution in [3.05, 3.63) is 95.1 Å². The fourth-order valence-corrected chi connectivity index (χ4v) is 4.54. The molecule has 0 aromatic heterocycles. The maximum Gasteiger partial charge on any atom is 0.269 e. The molecule has 3 N–H and O–H groups in total. The number of amides is 1. The summed E-state index contributed by atoms with van der Waals surface area (Å²) in [5.74, 6) is -0.839. The number of hydrogen-bond donors (Lipinski definition) is 2. The maximum atomic E-state index is 13.5. The van der Waals surface area contributed by atoms with Crippen LogP contribution >= 0.6 is 0 Å². The molecule has 1 unspecified atom stereocenters. The van der Waals surface area contributed by atoms with Crippen molar-refractivity contribution in [3.8, 4) is 17.2 Å². The van der Waals surface area contributed by atoms with Crippen molar-refractivity contribution < 1.29 is 17.8 Å². The lowest BCUT2D eigenvalue weighted by Crippen LogP contribution is -2.41. The predicted octanol–water partition coefficient (Wildman–Crippen LogP) is 2.64. The third kappa shape index (κ3) is 4.09. The first-order valence-electron chi connectivity index (χ1n) is 9.93. The van der Waals surface area contributed by atoms with Crippen LogP contribution in [0.3, 0.4) is 0 Å². The lowest BCUT2D eigenvalue weighted by Gasteiger charge is -2.26. The number of guanidine groups is 1. The van der Waals surface area contributed by atoms with E-state index in [1.165, 1.54) is 24.1 Å². The summed E-state index contributed by atoms with van der Waals surface area (Å²) in [6.07, 6.45) is 0. The second kappa shape index (κ2) is 8.16. The van der Waals surface area contributed by atoms with Crippen molar-refractivity contribution in [2.24, 2.45) is 10.7 Å². The Labute approximate surface area is 191 Å². The second-order valence-electron chi connectivity index (χ2n) is 7.74. The second-order valence-corrected chi connectivity index (χ2v) is 9.19. The molecule has 3 aromatic carbocycles. The Morgan fingerprint density at radius 3 is 2.24 bits per heavy atom. The molecule has 1 aliphatic rings. The van der Waals surface area contributed by atoms with Gasteiger partial charge < -0.3 is 5.73 Å². The monoisotopic (exact) mass is 460 g/mol. The van der Waals surface area contributed by atoms with E-state index in [2.05, 4.69) is 11.1 Å². The summed E-state index contributed by atoms with van der Waals surface area (Å²) in [6, 6.07) is 22.8. The highest BCUT2D eigenvalue weighted by molar-refractivity contribution is 7.85. The molecule has 0 fully saturated rings. The van der Waals surface area contributed by atoms with Crippen LogP contribution < -0.4 is 5.73 Å². The van der Waals surface area contributed by atoms with Gasteiger partial charge in [0.25, 0.3) is 16.0 Å². The lowest BCUT2D eigenvalue weighted by atomic mass is 9.81. The minimum absolute atomic E-state index is 0.0545. The average molecular weight is 461 g/mol. The Morgan fingerprint density at radius 1 is 1.03 bits per heavy atom. The summed E-state index contributed by atoms with van der Waals surface area (Å²) in [4.78, 5) is 19.3. The van der Waals surface area contributed by atoms with Gasteiger partial charge in [0.2, 0.25) is 0 Å². The van der Waals surface area contributed by atoms with Gasteiger partial charge in [-0.15, -0.1) is 0 Å². The number of rotatable bonds is 5. The number of likely N-dealkylation sites (N-methyl/N-ethyl adjacent to an activating group) is 1. The van der Waals surface area contributed by atoms with Crippen molar-refractivity contribution in [3.63, 3.8) is 0 Å². The van der Waals surface area contributed by atoms with E-state index in [1.807, 2.05) is 18.2 Å². The van der Waals surface area contributed by atoms with Crippen LogP contribution in [0.25, 0.3) is 11.1 Å². The maximum absolute atomic E-state index is 13.5. The zero-order valence-electron chi connectivity index (χ0n) is 17.6. The van der Waals surface area contributed by atoms with E-state index in [9.17, 15) is 18.5 Å². The number of hydrogen-bond acceptors (Lipinski definition) is 6. The number of carbonyl (C=O) groups is 1. The lowest BCUT2D eigenvalue weighted by molar-refractivity contribution is -0.129. The molecule has 3 aromatic rings. The molecular formula is C24H20N4O4S. The Kier molecular flexibility index (Phi) is 5.49. The van der Waals surface area contributed by atoms with Gasteiger partial charge in [-0.25, -0.2) is 4.99 Å². The van der Waals surface area contributed by atoms with E-state index in [0.29, 0.717) is 22.3 Å². The molecule has 8 nitrogen and oxygen atoms in total. The molecular weight excluding hydrogens is 440 g/mol. The van der Waals surface area contributed by atoms with Gasteiger partial charge in [0.05, 0.1) is 11.6 Å². The fraction of sp³-hybridized carbons (Fsp3) is 0.125. The first kappa shape index (κ1) is 22.2. The Hall–Kier alpha value is -4.00. The van der Waals surface area contributed by atoms with E-state index in [-0.39, 0.29) is 11.9 Å². The molecule has 166 valence electrons. The van der Waals surface area contributed by atoms with E-state index < -0.39 is 21.4 Å². The smallest absolute Gasteiger partial charge is 0.269 e. The molecule has 0 spiro atoms. The van der Waals surface area contributed by atoms with E-state index in [4.69, 9.17) is 10.3 Å². The Morgan fingerprint density at radius 2 is 1.67 bits per heavy atom. The van der Waals surface area contributed by atoms with Gasteiger partial charge in [-0.05, 0) is 46.0 Å². The van der Waals surface area contributed by atoms with Crippen LogP contribution in [0.5, 0.6) is 0 Å². The zero-order chi connectivity index (χ0) is 23.8. The van der Waals surface area contributed by atoms with E-state index in [1.54, 1.807) is 42.5 Å². The summed E-state index contributed by atoms with van der Waals surface area (Å²) in [5, 5.41) is 9.23. The zero-order valence-corrected chi connectivity index (χ0v) is 18.5. The van der Waals surface area contributed by atoms with Crippen LogP contribution in [0, 0.1) is 11.3 Å². The molecule has 1 amide bonds. The number of nitriles is 1. The SMILES string of the molecule is CN1C(=O)C(c2ccc(CS(=O)(=O)O)cc2)(c2cccc(-c3cccc(C#N)c3)c2)N=C1N. The topological polar surface area (TPSA) is 137 Å². The van der Waals surface area contributed by atoms with Crippen molar-refractivity contribution in [2.75, 3.05) is 7.05 Å². The summed E-state index contributed by atoms with van der Waals surface area (Å²) in [7, 11) is -2.65. The number of aliphatic imine (C=N–C) groups is 1. The number of nitrogens with zero attached hydrogens (tertiary/aromatic N) is 3. The van der Waals surface area contributed by atoms with Crippen LogP contribution in [0.1, 0.15) is 22.3 Å². The third-order valence-electron chi connectivity index (χ3n) is 5.57. The van der Waals surface area contributed by atoms with Crippen LogP contribution in [-0.4, -0.2) is 36.8 Å². The molecule has 9 heteroatoms. The van der Waals surface area contributed by atoms with Crippen LogP contribution in [0.4, 0.5) is 0 Å². The molecule has 1 atom stereocenters. The summed E-state index contributed by atoms with van der Waals surface area (Å²) < 4.78 is 31.6. The Balaban J connectivity index is 1.87. The average Bonchev–Trinajstić information content (AvgIpc) is 3.03. The number of nitrogens with two attached hydrogens (primary N) is 1. The van der Waals surface area contributed by atoms with Gasteiger partial charge in [0, 0.05) is 7.05 Å². The first-order chi connectivity index (χ1) is 15.6. The predicted molar refractivity (Wildman–Crippen MR) is 123 cm³/mol. The van der Waals surface area contributed by atoms with Crippen LogP contribution in [0.2, 0.25) is 0 Å². The number of carbonyl (C=O) groups excluding carboxylic acids is 1. The van der Waals surface area contributed by atoms with Crippen molar-refractivity contribution in [1.82, 2.24) is 4.90 Å². The van der Waals surface area contributed by atoms with Gasteiger partial charge in [-0.1, -0.05) is 54.6 Å². The van der Waals surface area contributed by atoms with Gasteiger partial charge in [0.1, 0.15) is 5.75 Å². The van der Waals surface area contributed by atoms with Crippen molar-refractivity contribution >= 4 is 22.0 Å². The quantitative estimate of drug-likeness (QED) is 0.562. The summed E-state index contributed by atoms with van der Waals surface area (Å²) in [5.41, 5.74) is 8.13. The summed E-state index contributed by atoms with van der Waals surface area (Å²) in [6.45, 7) is 0. The highest BCUT2D eigenvalue weighted by atomic mass is 32.2. The van der Waals surface area contributed by atoms with Gasteiger partial charge in [0.15, 0.2) is 11.5 Å². The Bertz CT molecular complexity index is 1430. The molecule has 1 heterocycles. The molecule has 4 rings (SSSR count). The highest BCUT2D eigenvalue weighted by Gasteiger charge is 2.49. The highest BCUT2D eigenvalue weighted by Crippen LogP contribution is 2.40. The minimum atomic E-state index is -4.19. The van der Waals surface area contributed by atoms with Gasteiger partial charge in [-0.3, -0.25) is 14.2 Å². The molecule has 0 aliphatic carbocycles. The van der Waals surface area contributed by atoms with Crippen LogP contribution in [0.15, 0.2) is 77.8 Å². The molecule has 0 saturated carbocycles.